The third-order valence-electron chi connectivity index (χ3n) is 10.5. The summed E-state index contributed by atoms with van der Waals surface area (Å²) in [6, 6.07) is 44.7. The molecule has 4 heteroatoms. The van der Waals surface area contributed by atoms with Gasteiger partial charge in [-0.1, -0.05) is 161 Å². The first kappa shape index (κ1) is 28.1. The van der Waals surface area contributed by atoms with Crippen LogP contribution in [0.3, 0.4) is 0 Å². The predicted octanol–water partition coefficient (Wildman–Crippen LogP) is 15.6. The molecule has 0 N–H and O–H groups in total. The first-order chi connectivity index (χ1) is 23.5. The van der Waals surface area contributed by atoms with E-state index < -0.39 is 0 Å². The van der Waals surface area contributed by atoms with Crippen molar-refractivity contribution in [3.05, 3.63) is 139 Å². The molecule has 224 valence electrons. The second-order valence-corrected chi connectivity index (χ2v) is 16.2. The van der Waals surface area contributed by atoms with Gasteiger partial charge < -0.3 is 0 Å². The second-order valence-electron chi connectivity index (χ2n) is 12.8. The van der Waals surface area contributed by atoms with Crippen molar-refractivity contribution in [2.75, 3.05) is 0 Å². The van der Waals surface area contributed by atoms with Crippen LogP contribution in [0.2, 0.25) is 0 Å². The maximum absolute atomic E-state index is 4.13. The fraction of sp³-hybridized carbons (Fsp3) is 0. The molecular weight excluding hydrogens is 848 g/mol. The van der Waals surface area contributed by atoms with E-state index in [-0.39, 0.29) is 0 Å². The molecule has 0 fully saturated rings. The zero-order valence-corrected chi connectivity index (χ0v) is 31.4. The molecule has 11 aromatic carbocycles. The number of benzene rings is 11. The summed E-state index contributed by atoms with van der Waals surface area (Å²) in [5.74, 6) is 0. The monoisotopic (exact) mass is 864 g/mol. The maximum atomic E-state index is 4.13. The number of rotatable bonds is 2. The van der Waals surface area contributed by atoms with Crippen LogP contribution in [-0.4, -0.2) is 0 Å². The summed E-state index contributed by atoms with van der Waals surface area (Å²) in [5, 5.41) is 20.6. The minimum Gasteiger partial charge on any atom is -0.0622 e. The normalized spacial score (nSPS) is 12.6. The van der Waals surface area contributed by atoms with Crippen molar-refractivity contribution in [3.8, 4) is 22.3 Å². The van der Waals surface area contributed by atoms with E-state index in [1.54, 1.807) is 0 Å². The summed E-state index contributed by atoms with van der Waals surface area (Å²) in [6.45, 7) is 0. The van der Waals surface area contributed by atoms with Gasteiger partial charge in [0.05, 0.1) is 0 Å². The molecule has 0 aliphatic carbocycles. The van der Waals surface area contributed by atoms with Gasteiger partial charge in [-0.15, -0.1) is 0 Å². The number of hydrogen-bond acceptors (Lipinski definition) is 0. The highest BCUT2D eigenvalue weighted by Gasteiger charge is 2.29. The molecule has 0 atom stereocenters. The van der Waals surface area contributed by atoms with Crippen molar-refractivity contribution in [2.45, 2.75) is 0 Å². The minimum atomic E-state index is 1.10. The highest BCUT2D eigenvalue weighted by molar-refractivity contribution is 9.11. The second kappa shape index (κ2) is 9.89. The van der Waals surface area contributed by atoms with Crippen LogP contribution in [0.5, 0.6) is 0 Å². The maximum Gasteiger partial charge on any atom is 0.0271 e. The highest BCUT2D eigenvalue weighted by Crippen LogP contribution is 2.58. The van der Waals surface area contributed by atoms with Crippen LogP contribution in [0.15, 0.2) is 139 Å². The van der Waals surface area contributed by atoms with Crippen molar-refractivity contribution >= 4 is 150 Å². The van der Waals surface area contributed by atoms with E-state index in [0.717, 1.165) is 17.9 Å². The third-order valence-corrected chi connectivity index (χ3v) is 13.0. The molecule has 0 saturated carbocycles. The van der Waals surface area contributed by atoms with Crippen LogP contribution in [0.25, 0.3) is 108 Å². The van der Waals surface area contributed by atoms with Gasteiger partial charge in [0.1, 0.15) is 0 Å². The summed E-state index contributed by atoms with van der Waals surface area (Å²) in [5.41, 5.74) is 4.91. The fourth-order valence-electron chi connectivity index (χ4n) is 8.77. The van der Waals surface area contributed by atoms with Crippen LogP contribution >= 0.6 is 63.7 Å². The average molecular weight is 868 g/mol. The van der Waals surface area contributed by atoms with Gasteiger partial charge in [-0.3, -0.25) is 0 Å². The summed E-state index contributed by atoms with van der Waals surface area (Å²) < 4.78 is 4.40. The Morgan fingerprint density at radius 3 is 0.979 bits per heavy atom. The number of halogens is 4. The molecule has 0 nitrogen and oxygen atoms in total. The average Bonchev–Trinajstić information content (AvgIpc) is 3.11. The molecule has 11 aromatic rings. The lowest BCUT2D eigenvalue weighted by atomic mass is 9.78. The Balaban J connectivity index is 1.57. The Hall–Kier alpha value is -3.80. The molecule has 0 spiro atoms. The lowest BCUT2D eigenvalue weighted by Crippen LogP contribution is -1.98. The zero-order chi connectivity index (χ0) is 32.0. The standard InChI is InChI=1S/C44H20Br4/c45-31-17-27-25-13-7-8-14-26(25)28-18-32(46)42-34(48)20-30-36-24(22-11-5-2-6-12-22)16-15-23(21-9-3-1-4-10-21)35(36)29-19-33(47)41(31)43-37(27)38(28)44(42)40(30)39(29)43/h1-20H. The largest absolute Gasteiger partial charge is 0.0622 e. The Bertz CT molecular complexity index is 2920. The quantitative estimate of drug-likeness (QED) is 0.120. The van der Waals surface area contributed by atoms with E-state index in [2.05, 4.69) is 185 Å². The SMILES string of the molecule is Brc1cc2c3ccccc3c3cc(Br)c4c(Br)cc5c6c(-c7ccccc7)ccc(-c7ccccc7)c6c6cc(Br)c1c1c2c3c4c5c61. The lowest BCUT2D eigenvalue weighted by Gasteiger charge is -2.27. The third kappa shape index (κ3) is 3.44. The molecule has 0 aliphatic rings. The zero-order valence-electron chi connectivity index (χ0n) is 25.1. The van der Waals surface area contributed by atoms with Gasteiger partial charge in [-0.25, -0.2) is 0 Å². The molecule has 0 heterocycles. The summed E-state index contributed by atoms with van der Waals surface area (Å²) in [7, 11) is 0. The van der Waals surface area contributed by atoms with Gasteiger partial charge in [0.15, 0.2) is 0 Å². The molecule has 0 radical (unpaired) electrons. The van der Waals surface area contributed by atoms with Gasteiger partial charge in [0.2, 0.25) is 0 Å². The highest BCUT2D eigenvalue weighted by atomic mass is 79.9. The van der Waals surface area contributed by atoms with Crippen LogP contribution in [0, 0.1) is 0 Å². The molecule has 0 bridgehead atoms. The van der Waals surface area contributed by atoms with E-state index >= 15 is 0 Å². The number of hydrogen-bond donors (Lipinski definition) is 0. The molecule has 0 aliphatic heterocycles. The van der Waals surface area contributed by atoms with E-state index in [1.165, 1.54) is 108 Å². The Kier molecular flexibility index (Phi) is 5.79. The van der Waals surface area contributed by atoms with Crippen molar-refractivity contribution in [2.24, 2.45) is 0 Å². The van der Waals surface area contributed by atoms with Gasteiger partial charge in [-0.2, -0.15) is 0 Å². The molecule has 48 heavy (non-hydrogen) atoms. The summed E-state index contributed by atoms with van der Waals surface area (Å²) >= 11 is 16.4. The van der Waals surface area contributed by atoms with E-state index in [9.17, 15) is 0 Å². The minimum absolute atomic E-state index is 1.10. The van der Waals surface area contributed by atoms with Crippen molar-refractivity contribution in [3.63, 3.8) is 0 Å². The van der Waals surface area contributed by atoms with Crippen LogP contribution in [-0.2, 0) is 0 Å². The summed E-state index contributed by atoms with van der Waals surface area (Å²) in [6.07, 6.45) is 0. The topological polar surface area (TPSA) is 0 Å². The smallest absolute Gasteiger partial charge is 0.0271 e. The molecule has 0 amide bonds. The first-order valence-electron chi connectivity index (χ1n) is 15.9. The van der Waals surface area contributed by atoms with Gasteiger partial charge in [0.25, 0.3) is 0 Å². The van der Waals surface area contributed by atoms with Gasteiger partial charge in [0, 0.05) is 39.4 Å². The molecule has 0 aromatic heterocycles. The van der Waals surface area contributed by atoms with Crippen molar-refractivity contribution in [1.29, 1.82) is 0 Å². The van der Waals surface area contributed by atoms with E-state index in [4.69, 9.17) is 0 Å². The molecule has 0 saturated heterocycles. The van der Waals surface area contributed by atoms with E-state index in [0.29, 0.717) is 0 Å². The van der Waals surface area contributed by atoms with Crippen LogP contribution in [0.4, 0.5) is 0 Å². The Morgan fingerprint density at radius 1 is 0.250 bits per heavy atom. The number of fused-ring (bicyclic) bond motifs is 6. The molecule has 11 rings (SSSR count). The Morgan fingerprint density at radius 2 is 0.583 bits per heavy atom. The van der Waals surface area contributed by atoms with Crippen molar-refractivity contribution < 1.29 is 0 Å². The lowest BCUT2D eigenvalue weighted by molar-refractivity contribution is 1.64. The van der Waals surface area contributed by atoms with Gasteiger partial charge in [-0.05, 0) is 111 Å². The first-order valence-corrected chi connectivity index (χ1v) is 19.0. The van der Waals surface area contributed by atoms with Crippen LogP contribution in [0.1, 0.15) is 0 Å². The van der Waals surface area contributed by atoms with Crippen molar-refractivity contribution in [1.82, 2.24) is 0 Å². The van der Waals surface area contributed by atoms with E-state index in [1.807, 2.05) is 0 Å². The molecule has 0 unspecified atom stereocenters. The van der Waals surface area contributed by atoms with Gasteiger partial charge >= 0.3 is 0 Å². The Labute approximate surface area is 308 Å². The predicted molar refractivity (Wildman–Crippen MR) is 222 cm³/mol. The summed E-state index contributed by atoms with van der Waals surface area (Å²) in [4.78, 5) is 0. The fourth-order valence-corrected chi connectivity index (χ4v) is 11.9. The van der Waals surface area contributed by atoms with Crippen LogP contribution < -0.4 is 0 Å². The molecular formula is C44H20Br4.